The Kier molecular flexibility index (Phi) is 1.20. The Bertz CT molecular complexity index is 139. The van der Waals surface area contributed by atoms with Gasteiger partial charge in [0, 0.05) is 6.20 Å². The van der Waals surface area contributed by atoms with E-state index in [4.69, 9.17) is 0 Å². The molecule has 0 atom stereocenters. The summed E-state index contributed by atoms with van der Waals surface area (Å²) < 4.78 is 12.2. The Morgan fingerprint density at radius 3 is 2.88 bits per heavy atom. The van der Waals surface area contributed by atoms with Crippen LogP contribution in [0.15, 0.2) is 24.3 Å². The fourth-order valence-corrected chi connectivity index (χ4v) is 0.470. The van der Waals surface area contributed by atoms with Crippen LogP contribution in [0, 0.1) is 0 Å². The molecule has 0 fully saturated rings. The zero-order valence-corrected chi connectivity index (χ0v) is 4.37. The highest BCUT2D eigenvalue weighted by molar-refractivity contribution is 5.21. The summed E-state index contributed by atoms with van der Waals surface area (Å²) in [5.74, 6) is -0.323. The van der Waals surface area contributed by atoms with Crippen molar-refractivity contribution in [2.45, 2.75) is 0 Å². The summed E-state index contributed by atoms with van der Waals surface area (Å²) in [5.41, 5.74) is 0.351. The van der Waals surface area contributed by atoms with E-state index in [1.54, 1.807) is 0 Å². The molecule has 0 aromatic carbocycles. The van der Waals surface area contributed by atoms with Crippen molar-refractivity contribution >= 4 is 0 Å². The minimum absolute atomic E-state index is 0.323. The molecule has 0 saturated carbocycles. The average Bonchev–Trinajstić information content (AvgIpc) is 1.77. The van der Waals surface area contributed by atoms with Crippen LogP contribution in [0.25, 0.3) is 0 Å². The van der Waals surface area contributed by atoms with Gasteiger partial charge < -0.3 is 10.6 Å². The normalized spacial score (nSPS) is 18.6. The van der Waals surface area contributed by atoms with Crippen LogP contribution in [0.1, 0.15) is 0 Å². The summed E-state index contributed by atoms with van der Waals surface area (Å²) >= 11 is 0. The molecule has 0 aromatic rings. The first-order chi connectivity index (χ1) is 3.80. The molecular weight excluding hydrogens is 107 g/mol. The summed E-state index contributed by atoms with van der Waals surface area (Å²) in [5, 5.41) is 5.34. The molecule has 0 bridgehead atoms. The van der Waals surface area contributed by atoms with Crippen molar-refractivity contribution < 1.29 is 4.39 Å². The quantitative estimate of drug-likeness (QED) is 0.478. The largest absolute Gasteiger partial charge is 0.371 e. The van der Waals surface area contributed by atoms with Crippen molar-refractivity contribution in [1.82, 2.24) is 10.6 Å². The number of allylic oxidation sites excluding steroid dienone is 1. The third kappa shape index (κ3) is 0.804. The lowest BCUT2D eigenvalue weighted by Gasteiger charge is -2.12. The Hall–Kier alpha value is -0.990. The number of halogens is 1. The van der Waals surface area contributed by atoms with Gasteiger partial charge in [0.05, 0.1) is 12.4 Å². The highest BCUT2D eigenvalue weighted by Crippen LogP contribution is 2.05. The maximum Gasteiger partial charge on any atom is 0.161 e. The predicted molar refractivity (Wildman–Crippen MR) is 29.5 cm³/mol. The van der Waals surface area contributed by atoms with Crippen LogP contribution in [0.2, 0.25) is 0 Å². The molecule has 0 spiro atoms. The van der Waals surface area contributed by atoms with Crippen LogP contribution in [0.5, 0.6) is 0 Å². The van der Waals surface area contributed by atoms with Gasteiger partial charge in [-0.3, -0.25) is 0 Å². The summed E-state index contributed by atoms with van der Waals surface area (Å²) in [7, 11) is 0. The molecule has 0 aromatic heterocycles. The summed E-state index contributed by atoms with van der Waals surface area (Å²) in [4.78, 5) is 0. The molecular formula is C5H7FN2. The van der Waals surface area contributed by atoms with Gasteiger partial charge >= 0.3 is 0 Å². The number of rotatable bonds is 0. The highest BCUT2D eigenvalue weighted by Gasteiger charge is 2.02. The smallest absolute Gasteiger partial charge is 0.161 e. The van der Waals surface area contributed by atoms with E-state index in [1.165, 1.54) is 6.20 Å². The third-order valence-electron chi connectivity index (χ3n) is 0.921. The summed E-state index contributed by atoms with van der Waals surface area (Å²) in [6.07, 6.45) is 1.29. The predicted octanol–water partition coefficient (Wildman–Crippen LogP) is 0.461. The second-order valence-corrected chi connectivity index (χ2v) is 1.53. The molecule has 3 heteroatoms. The zero-order valence-electron chi connectivity index (χ0n) is 4.37. The van der Waals surface area contributed by atoms with Crippen molar-refractivity contribution in [2.24, 2.45) is 0 Å². The summed E-state index contributed by atoms with van der Waals surface area (Å²) in [6.45, 7) is 3.96. The molecule has 1 rings (SSSR count). The fourth-order valence-electron chi connectivity index (χ4n) is 0.470. The molecule has 0 unspecified atom stereocenters. The van der Waals surface area contributed by atoms with Gasteiger partial charge in [-0.2, -0.15) is 0 Å². The molecule has 2 nitrogen and oxygen atoms in total. The van der Waals surface area contributed by atoms with Crippen LogP contribution in [-0.4, -0.2) is 6.67 Å². The highest BCUT2D eigenvalue weighted by atomic mass is 19.1. The number of hydrogen-bond donors (Lipinski definition) is 2. The van der Waals surface area contributed by atoms with Crippen LogP contribution in [-0.2, 0) is 0 Å². The van der Waals surface area contributed by atoms with Crippen molar-refractivity contribution in [1.29, 1.82) is 0 Å². The lowest BCUT2D eigenvalue weighted by Crippen LogP contribution is -2.29. The second-order valence-electron chi connectivity index (χ2n) is 1.53. The van der Waals surface area contributed by atoms with E-state index in [9.17, 15) is 4.39 Å². The Morgan fingerprint density at radius 1 is 1.75 bits per heavy atom. The Labute approximate surface area is 47.1 Å². The molecule has 1 aliphatic rings. The van der Waals surface area contributed by atoms with Crippen LogP contribution >= 0.6 is 0 Å². The van der Waals surface area contributed by atoms with E-state index in [0.717, 1.165) is 0 Å². The van der Waals surface area contributed by atoms with Gasteiger partial charge in [-0.15, -0.1) is 0 Å². The van der Waals surface area contributed by atoms with Gasteiger partial charge in [-0.05, 0) is 0 Å². The topological polar surface area (TPSA) is 24.1 Å². The number of nitrogens with one attached hydrogen (secondary N) is 2. The maximum atomic E-state index is 12.2. The average molecular weight is 114 g/mol. The number of hydrogen-bond acceptors (Lipinski definition) is 2. The van der Waals surface area contributed by atoms with Crippen molar-refractivity contribution in [3.8, 4) is 0 Å². The fraction of sp³-hybridized carbons (Fsp3) is 0.200. The van der Waals surface area contributed by atoms with E-state index in [1.807, 2.05) is 0 Å². The Balaban J connectivity index is 2.67. The van der Waals surface area contributed by atoms with Crippen LogP contribution in [0.4, 0.5) is 4.39 Å². The van der Waals surface area contributed by atoms with Crippen LogP contribution < -0.4 is 10.6 Å². The molecule has 0 radical (unpaired) electrons. The molecule has 1 aliphatic heterocycles. The van der Waals surface area contributed by atoms with Gasteiger partial charge in [0.15, 0.2) is 5.83 Å². The van der Waals surface area contributed by atoms with Crippen molar-refractivity contribution in [3.63, 3.8) is 0 Å². The maximum absolute atomic E-state index is 12.2. The van der Waals surface area contributed by atoms with E-state index in [0.29, 0.717) is 12.4 Å². The molecule has 2 N–H and O–H groups in total. The molecule has 8 heavy (non-hydrogen) atoms. The third-order valence-corrected chi connectivity index (χ3v) is 0.921. The van der Waals surface area contributed by atoms with Gasteiger partial charge in [0.2, 0.25) is 0 Å². The lowest BCUT2D eigenvalue weighted by molar-refractivity contribution is 0.572. The summed E-state index contributed by atoms with van der Waals surface area (Å²) in [6, 6.07) is 0. The van der Waals surface area contributed by atoms with Crippen molar-refractivity contribution in [3.05, 3.63) is 24.3 Å². The van der Waals surface area contributed by atoms with Gasteiger partial charge in [-0.1, -0.05) is 6.58 Å². The standard InChI is InChI=1S/C5H7FN2/c1-4-5(6)2-7-3-8-4/h2,7-8H,1,3H2. The molecule has 0 amide bonds. The zero-order chi connectivity index (χ0) is 5.98. The first-order valence-electron chi connectivity index (χ1n) is 2.33. The van der Waals surface area contributed by atoms with E-state index in [2.05, 4.69) is 17.2 Å². The van der Waals surface area contributed by atoms with Gasteiger partial charge in [-0.25, -0.2) is 4.39 Å². The van der Waals surface area contributed by atoms with E-state index < -0.39 is 0 Å². The first kappa shape index (κ1) is 5.15. The minimum atomic E-state index is -0.323. The van der Waals surface area contributed by atoms with Crippen molar-refractivity contribution in [2.75, 3.05) is 6.67 Å². The van der Waals surface area contributed by atoms with Crippen LogP contribution in [0.3, 0.4) is 0 Å². The monoisotopic (exact) mass is 114 g/mol. The Morgan fingerprint density at radius 2 is 2.50 bits per heavy atom. The first-order valence-corrected chi connectivity index (χ1v) is 2.33. The van der Waals surface area contributed by atoms with E-state index in [-0.39, 0.29) is 5.83 Å². The molecule has 0 saturated heterocycles. The lowest BCUT2D eigenvalue weighted by atomic mass is 10.4. The SMILES string of the molecule is C=C1NCNC=C1F. The molecule has 0 aliphatic carbocycles. The molecule has 1 heterocycles. The molecule has 44 valence electrons. The van der Waals surface area contributed by atoms with Gasteiger partial charge in [0.25, 0.3) is 0 Å². The van der Waals surface area contributed by atoms with Gasteiger partial charge in [0.1, 0.15) is 0 Å². The minimum Gasteiger partial charge on any atom is -0.371 e. The van der Waals surface area contributed by atoms with E-state index >= 15 is 0 Å². The second kappa shape index (κ2) is 1.86.